The van der Waals surface area contributed by atoms with Crippen LogP contribution in [-0.4, -0.2) is 30.5 Å². The Hall–Kier alpha value is -2.36. The minimum Gasteiger partial charge on any atom is -0.372 e. The molecular weight excluding hydrogens is 286 g/mol. The zero-order valence-electron chi connectivity index (χ0n) is 13.4. The third kappa shape index (κ3) is 4.31. The van der Waals surface area contributed by atoms with Crippen LogP contribution in [0.2, 0.25) is 0 Å². The molecule has 0 unspecified atom stereocenters. The van der Waals surface area contributed by atoms with E-state index in [2.05, 4.69) is 33.4 Å². The van der Waals surface area contributed by atoms with Gasteiger partial charge in [-0.3, -0.25) is 9.78 Å². The highest BCUT2D eigenvalue weighted by Crippen LogP contribution is 2.20. The third-order valence-electron chi connectivity index (χ3n) is 4.25. The molecule has 1 aromatic carbocycles. The summed E-state index contributed by atoms with van der Waals surface area (Å²) in [4.78, 5) is 18.6. The first kappa shape index (κ1) is 15.5. The average molecular weight is 309 g/mol. The summed E-state index contributed by atoms with van der Waals surface area (Å²) < 4.78 is 0. The van der Waals surface area contributed by atoms with E-state index in [1.54, 1.807) is 6.20 Å². The highest BCUT2D eigenvalue weighted by atomic mass is 16.1. The summed E-state index contributed by atoms with van der Waals surface area (Å²) in [5, 5.41) is 2.99. The molecule has 0 atom stereocenters. The largest absolute Gasteiger partial charge is 0.372 e. The van der Waals surface area contributed by atoms with Gasteiger partial charge in [-0.2, -0.15) is 0 Å². The standard InChI is InChI=1S/C19H23N3O/c23-19(21-12-4-6-16-5-3-11-20-15-16)17-7-9-18(10-8-17)22-13-1-2-14-22/h3,5,7-11,15H,1-2,4,6,12-14H2,(H,21,23). The van der Waals surface area contributed by atoms with Crippen molar-refractivity contribution in [2.75, 3.05) is 24.5 Å². The van der Waals surface area contributed by atoms with E-state index in [1.807, 2.05) is 24.4 Å². The molecule has 0 radical (unpaired) electrons. The molecule has 2 heterocycles. The monoisotopic (exact) mass is 309 g/mol. The lowest BCUT2D eigenvalue weighted by molar-refractivity contribution is 0.0953. The number of amides is 1. The van der Waals surface area contributed by atoms with Gasteiger partial charge in [0, 0.05) is 43.3 Å². The quantitative estimate of drug-likeness (QED) is 0.834. The van der Waals surface area contributed by atoms with Crippen LogP contribution in [0.3, 0.4) is 0 Å². The first-order chi connectivity index (χ1) is 11.3. The van der Waals surface area contributed by atoms with E-state index in [9.17, 15) is 4.79 Å². The minimum absolute atomic E-state index is 0.00385. The average Bonchev–Trinajstić information content (AvgIpc) is 3.14. The molecule has 1 aliphatic rings. The SMILES string of the molecule is O=C(NCCCc1cccnc1)c1ccc(N2CCCC2)cc1. The molecule has 0 spiro atoms. The molecule has 120 valence electrons. The van der Waals surface area contributed by atoms with Crippen LogP contribution >= 0.6 is 0 Å². The first-order valence-electron chi connectivity index (χ1n) is 8.35. The Bertz CT molecular complexity index is 619. The Morgan fingerprint density at radius 1 is 1.13 bits per heavy atom. The molecule has 23 heavy (non-hydrogen) atoms. The molecule has 0 saturated carbocycles. The van der Waals surface area contributed by atoms with Gasteiger partial charge >= 0.3 is 0 Å². The van der Waals surface area contributed by atoms with E-state index < -0.39 is 0 Å². The Labute approximate surface area is 137 Å². The van der Waals surface area contributed by atoms with Crippen LogP contribution in [0, 0.1) is 0 Å². The smallest absolute Gasteiger partial charge is 0.251 e. The second kappa shape index (κ2) is 7.77. The Morgan fingerprint density at radius 3 is 2.61 bits per heavy atom. The van der Waals surface area contributed by atoms with Crippen molar-refractivity contribution in [3.8, 4) is 0 Å². The maximum Gasteiger partial charge on any atom is 0.251 e. The van der Waals surface area contributed by atoms with Crippen LogP contribution in [0.15, 0.2) is 48.8 Å². The number of aryl methyl sites for hydroxylation is 1. The number of carbonyl (C=O) groups is 1. The van der Waals surface area contributed by atoms with E-state index in [1.165, 1.54) is 24.1 Å². The fourth-order valence-corrected chi connectivity index (χ4v) is 2.94. The number of aromatic nitrogens is 1. The Kier molecular flexibility index (Phi) is 5.25. The Morgan fingerprint density at radius 2 is 1.91 bits per heavy atom. The topological polar surface area (TPSA) is 45.2 Å². The predicted octanol–water partition coefficient (Wildman–Crippen LogP) is 3.04. The van der Waals surface area contributed by atoms with Crippen molar-refractivity contribution in [3.63, 3.8) is 0 Å². The molecule has 1 aliphatic heterocycles. The van der Waals surface area contributed by atoms with Gasteiger partial charge in [-0.05, 0) is 61.6 Å². The predicted molar refractivity (Wildman–Crippen MR) is 92.8 cm³/mol. The molecule has 4 nitrogen and oxygen atoms in total. The molecule has 0 aliphatic carbocycles. The van der Waals surface area contributed by atoms with Crippen LogP contribution in [0.1, 0.15) is 35.2 Å². The van der Waals surface area contributed by atoms with Crippen molar-refractivity contribution in [2.24, 2.45) is 0 Å². The van der Waals surface area contributed by atoms with Crippen molar-refractivity contribution in [3.05, 3.63) is 59.9 Å². The summed E-state index contributed by atoms with van der Waals surface area (Å²) in [7, 11) is 0. The number of benzene rings is 1. The number of rotatable bonds is 6. The van der Waals surface area contributed by atoms with Gasteiger partial charge < -0.3 is 10.2 Å². The molecule has 3 rings (SSSR count). The number of nitrogens with zero attached hydrogens (tertiary/aromatic N) is 2. The number of carbonyl (C=O) groups excluding carboxylic acids is 1. The van der Waals surface area contributed by atoms with E-state index >= 15 is 0 Å². The van der Waals surface area contributed by atoms with Gasteiger partial charge in [-0.15, -0.1) is 0 Å². The number of hydrogen-bond donors (Lipinski definition) is 1. The summed E-state index contributed by atoms with van der Waals surface area (Å²) in [6.07, 6.45) is 8.03. The van der Waals surface area contributed by atoms with Crippen molar-refractivity contribution in [1.82, 2.24) is 10.3 Å². The first-order valence-corrected chi connectivity index (χ1v) is 8.35. The van der Waals surface area contributed by atoms with Crippen LogP contribution < -0.4 is 10.2 Å². The molecule has 1 saturated heterocycles. The van der Waals surface area contributed by atoms with Crippen LogP contribution in [0.25, 0.3) is 0 Å². The zero-order chi connectivity index (χ0) is 15.9. The van der Waals surface area contributed by atoms with Gasteiger partial charge in [-0.25, -0.2) is 0 Å². The van der Waals surface area contributed by atoms with Gasteiger partial charge in [0.25, 0.3) is 5.91 Å². The van der Waals surface area contributed by atoms with Crippen molar-refractivity contribution < 1.29 is 4.79 Å². The molecule has 1 amide bonds. The summed E-state index contributed by atoms with van der Waals surface area (Å²) >= 11 is 0. The highest BCUT2D eigenvalue weighted by molar-refractivity contribution is 5.94. The molecule has 4 heteroatoms. The molecule has 2 aromatic rings. The highest BCUT2D eigenvalue weighted by Gasteiger charge is 2.12. The lowest BCUT2D eigenvalue weighted by Crippen LogP contribution is -2.25. The lowest BCUT2D eigenvalue weighted by Gasteiger charge is -2.17. The molecule has 0 bridgehead atoms. The number of hydrogen-bond acceptors (Lipinski definition) is 3. The van der Waals surface area contributed by atoms with Crippen molar-refractivity contribution in [1.29, 1.82) is 0 Å². The minimum atomic E-state index is 0.00385. The van der Waals surface area contributed by atoms with Crippen LogP contribution in [0.4, 0.5) is 5.69 Å². The van der Waals surface area contributed by atoms with Gasteiger partial charge in [0.2, 0.25) is 0 Å². The molecule has 1 aromatic heterocycles. The van der Waals surface area contributed by atoms with Crippen LogP contribution in [0.5, 0.6) is 0 Å². The number of nitrogens with one attached hydrogen (secondary N) is 1. The molecule has 1 fully saturated rings. The van der Waals surface area contributed by atoms with E-state index in [4.69, 9.17) is 0 Å². The van der Waals surface area contributed by atoms with Crippen molar-refractivity contribution in [2.45, 2.75) is 25.7 Å². The summed E-state index contributed by atoms with van der Waals surface area (Å²) in [5.41, 5.74) is 3.15. The molecular formula is C19H23N3O. The maximum atomic E-state index is 12.2. The third-order valence-corrected chi connectivity index (χ3v) is 4.25. The van der Waals surface area contributed by atoms with Gasteiger partial charge in [0.1, 0.15) is 0 Å². The van der Waals surface area contributed by atoms with E-state index in [-0.39, 0.29) is 5.91 Å². The van der Waals surface area contributed by atoms with Gasteiger partial charge in [-0.1, -0.05) is 6.07 Å². The number of anilines is 1. The second-order valence-corrected chi connectivity index (χ2v) is 5.96. The molecule has 1 N–H and O–H groups in total. The summed E-state index contributed by atoms with van der Waals surface area (Å²) in [6.45, 7) is 2.93. The lowest BCUT2D eigenvalue weighted by atomic mass is 10.1. The zero-order valence-corrected chi connectivity index (χ0v) is 13.4. The van der Waals surface area contributed by atoms with Gasteiger partial charge in [0.05, 0.1) is 0 Å². The maximum absolute atomic E-state index is 12.2. The number of pyridine rings is 1. The van der Waals surface area contributed by atoms with E-state index in [0.717, 1.165) is 31.5 Å². The fourth-order valence-electron chi connectivity index (χ4n) is 2.94. The van der Waals surface area contributed by atoms with Crippen molar-refractivity contribution >= 4 is 11.6 Å². The normalized spacial score (nSPS) is 14.0. The fraction of sp³-hybridized carbons (Fsp3) is 0.368. The summed E-state index contributed by atoms with van der Waals surface area (Å²) in [5.74, 6) is 0.00385. The second-order valence-electron chi connectivity index (χ2n) is 5.96. The van der Waals surface area contributed by atoms with E-state index in [0.29, 0.717) is 6.54 Å². The van der Waals surface area contributed by atoms with Gasteiger partial charge in [0.15, 0.2) is 0 Å². The summed E-state index contributed by atoms with van der Waals surface area (Å²) in [6, 6.07) is 11.9. The van der Waals surface area contributed by atoms with Crippen LogP contribution in [-0.2, 0) is 6.42 Å². The Balaban J connectivity index is 1.44.